The molecule has 76 valence electrons. The topological polar surface area (TPSA) is 0 Å². The Balaban J connectivity index is 2.54. The lowest BCUT2D eigenvalue weighted by molar-refractivity contribution is 1.34. The van der Waals surface area contributed by atoms with Gasteiger partial charge in [-0.3, -0.25) is 0 Å². The van der Waals surface area contributed by atoms with E-state index in [1.165, 1.54) is 0 Å². The largest absolute Gasteiger partial charge is 0.143 e. The molecule has 0 spiro atoms. The molecular formula is C12H10S3. The van der Waals surface area contributed by atoms with E-state index in [1.807, 2.05) is 36.4 Å². The molecule has 0 saturated heterocycles. The molecule has 2 aromatic carbocycles. The van der Waals surface area contributed by atoms with Crippen LogP contribution < -0.4 is 0 Å². The van der Waals surface area contributed by atoms with Gasteiger partial charge in [0.15, 0.2) is 0 Å². The lowest BCUT2D eigenvalue weighted by atomic mass is 10.1. The minimum atomic E-state index is 0.919. The zero-order valence-corrected chi connectivity index (χ0v) is 10.6. The lowest BCUT2D eigenvalue weighted by Gasteiger charge is -2.05. The molecule has 0 radical (unpaired) electrons. The first-order chi connectivity index (χ1) is 7.15. The van der Waals surface area contributed by atoms with Crippen LogP contribution >= 0.6 is 37.9 Å². The molecule has 15 heavy (non-hydrogen) atoms. The van der Waals surface area contributed by atoms with Crippen LogP contribution in [0.4, 0.5) is 0 Å². The summed E-state index contributed by atoms with van der Waals surface area (Å²) in [4.78, 5) is 2.79. The zero-order valence-electron chi connectivity index (χ0n) is 7.88. The molecule has 0 aliphatic heterocycles. The van der Waals surface area contributed by atoms with Gasteiger partial charge in [0, 0.05) is 14.7 Å². The molecule has 2 aromatic rings. The van der Waals surface area contributed by atoms with E-state index in [9.17, 15) is 0 Å². The molecule has 0 amide bonds. The average molecular weight is 250 g/mol. The van der Waals surface area contributed by atoms with E-state index in [-0.39, 0.29) is 0 Å². The van der Waals surface area contributed by atoms with Crippen molar-refractivity contribution in [2.75, 3.05) is 0 Å². The first kappa shape index (κ1) is 11.0. The highest BCUT2D eigenvalue weighted by Crippen LogP contribution is 2.26. The van der Waals surface area contributed by atoms with E-state index < -0.39 is 0 Å². The molecule has 2 rings (SSSR count). The maximum atomic E-state index is 4.33. The fourth-order valence-corrected chi connectivity index (χ4v) is 2.33. The monoisotopic (exact) mass is 250 g/mol. The summed E-state index contributed by atoms with van der Waals surface area (Å²) >= 11 is 13.0. The Kier molecular flexibility index (Phi) is 3.34. The fraction of sp³-hybridized carbons (Fsp3) is 0. The van der Waals surface area contributed by atoms with Gasteiger partial charge in [-0.2, -0.15) is 0 Å². The van der Waals surface area contributed by atoms with Gasteiger partial charge in [-0.1, -0.05) is 12.1 Å². The summed E-state index contributed by atoms with van der Waals surface area (Å²) in [6, 6.07) is 14.0. The normalized spacial score (nSPS) is 10.3. The van der Waals surface area contributed by atoms with Gasteiger partial charge in [-0.25, -0.2) is 0 Å². The van der Waals surface area contributed by atoms with Crippen molar-refractivity contribution in [3.63, 3.8) is 0 Å². The number of thiol groups is 3. The molecule has 0 bridgehead atoms. The third-order valence-electron chi connectivity index (χ3n) is 2.08. The molecule has 3 heteroatoms. The highest BCUT2D eigenvalue weighted by atomic mass is 32.1. The number of hydrogen-bond donors (Lipinski definition) is 3. The summed E-state index contributed by atoms with van der Waals surface area (Å²) in [5, 5.41) is 0. The smallest absolute Gasteiger partial charge is 0.00572 e. The highest BCUT2D eigenvalue weighted by molar-refractivity contribution is 7.81. The number of hydrogen-bond acceptors (Lipinski definition) is 3. The summed E-state index contributed by atoms with van der Waals surface area (Å²) in [5.41, 5.74) is 2.25. The minimum absolute atomic E-state index is 0.919. The van der Waals surface area contributed by atoms with Crippen molar-refractivity contribution < 1.29 is 0 Å². The molecule has 0 heterocycles. The zero-order chi connectivity index (χ0) is 10.8. The van der Waals surface area contributed by atoms with Crippen LogP contribution in [0.3, 0.4) is 0 Å². The van der Waals surface area contributed by atoms with Crippen molar-refractivity contribution in [2.24, 2.45) is 0 Å². The molecule has 0 aliphatic carbocycles. The molecule has 0 saturated carbocycles. The summed E-state index contributed by atoms with van der Waals surface area (Å²) < 4.78 is 0. The van der Waals surface area contributed by atoms with Gasteiger partial charge in [-0.15, -0.1) is 37.9 Å². The second kappa shape index (κ2) is 4.56. The van der Waals surface area contributed by atoms with Crippen molar-refractivity contribution in [3.8, 4) is 11.1 Å². The maximum Gasteiger partial charge on any atom is 0.00572 e. The Morgan fingerprint density at radius 1 is 0.600 bits per heavy atom. The SMILES string of the molecule is Sc1cccc(-c2cc(S)cc(S)c2)c1. The standard InChI is InChI=1S/C12H10S3/c13-10-3-1-2-8(4-10)9-5-11(14)7-12(15)6-9/h1-7,13-15H. The predicted molar refractivity (Wildman–Crippen MR) is 73.6 cm³/mol. The van der Waals surface area contributed by atoms with Crippen molar-refractivity contribution in [1.82, 2.24) is 0 Å². The Labute approximate surface area is 106 Å². The Hall–Kier alpha value is -0.510. The van der Waals surface area contributed by atoms with Gasteiger partial charge < -0.3 is 0 Å². The van der Waals surface area contributed by atoms with Crippen LogP contribution in [0.15, 0.2) is 57.2 Å². The van der Waals surface area contributed by atoms with Crippen LogP contribution in [0, 0.1) is 0 Å². The second-order valence-electron chi connectivity index (χ2n) is 3.29. The van der Waals surface area contributed by atoms with Gasteiger partial charge >= 0.3 is 0 Å². The fourth-order valence-electron chi connectivity index (χ4n) is 1.45. The number of rotatable bonds is 1. The summed E-state index contributed by atoms with van der Waals surface area (Å²) in [7, 11) is 0. The summed E-state index contributed by atoms with van der Waals surface area (Å²) in [5.74, 6) is 0. The minimum Gasteiger partial charge on any atom is -0.143 e. The third kappa shape index (κ3) is 2.74. The molecule has 0 unspecified atom stereocenters. The van der Waals surface area contributed by atoms with Crippen LogP contribution in [0.25, 0.3) is 11.1 Å². The van der Waals surface area contributed by atoms with Gasteiger partial charge in [0.25, 0.3) is 0 Å². The average Bonchev–Trinajstić information content (AvgIpc) is 2.16. The first-order valence-electron chi connectivity index (χ1n) is 4.47. The molecule has 0 aromatic heterocycles. The van der Waals surface area contributed by atoms with Gasteiger partial charge in [0.1, 0.15) is 0 Å². The second-order valence-corrected chi connectivity index (χ2v) is 4.84. The highest BCUT2D eigenvalue weighted by Gasteiger charge is 2.00. The number of benzene rings is 2. The molecular weight excluding hydrogens is 240 g/mol. The van der Waals surface area contributed by atoms with E-state index in [4.69, 9.17) is 0 Å². The molecule has 0 atom stereocenters. The van der Waals surface area contributed by atoms with Crippen LogP contribution in [0.5, 0.6) is 0 Å². The summed E-state index contributed by atoms with van der Waals surface area (Å²) in [6.07, 6.45) is 0. The van der Waals surface area contributed by atoms with E-state index in [2.05, 4.69) is 44.0 Å². The summed E-state index contributed by atoms with van der Waals surface area (Å²) in [6.45, 7) is 0. The van der Waals surface area contributed by atoms with E-state index in [0.29, 0.717) is 0 Å². The lowest BCUT2D eigenvalue weighted by Crippen LogP contribution is -1.79. The van der Waals surface area contributed by atoms with E-state index in [1.54, 1.807) is 0 Å². The molecule has 0 N–H and O–H groups in total. The Bertz CT molecular complexity index is 472. The quantitative estimate of drug-likeness (QED) is 0.620. The molecule has 0 aliphatic rings. The van der Waals surface area contributed by atoms with Gasteiger partial charge in [0.05, 0.1) is 0 Å². The van der Waals surface area contributed by atoms with Crippen LogP contribution in [-0.4, -0.2) is 0 Å². The van der Waals surface area contributed by atoms with Gasteiger partial charge in [0.2, 0.25) is 0 Å². The van der Waals surface area contributed by atoms with Crippen molar-refractivity contribution in [3.05, 3.63) is 42.5 Å². The predicted octanol–water partition coefficient (Wildman–Crippen LogP) is 4.22. The van der Waals surface area contributed by atoms with E-state index in [0.717, 1.165) is 25.8 Å². The molecule has 0 nitrogen and oxygen atoms in total. The van der Waals surface area contributed by atoms with Crippen molar-refractivity contribution in [2.45, 2.75) is 14.7 Å². The first-order valence-corrected chi connectivity index (χ1v) is 5.82. The van der Waals surface area contributed by atoms with E-state index >= 15 is 0 Å². The third-order valence-corrected chi connectivity index (χ3v) is 2.88. The molecule has 0 fully saturated rings. The van der Waals surface area contributed by atoms with Crippen LogP contribution in [0.2, 0.25) is 0 Å². The van der Waals surface area contributed by atoms with Crippen LogP contribution in [0.1, 0.15) is 0 Å². The van der Waals surface area contributed by atoms with Gasteiger partial charge in [-0.05, 0) is 41.5 Å². The Morgan fingerprint density at radius 3 is 1.80 bits per heavy atom. The Morgan fingerprint density at radius 2 is 1.20 bits per heavy atom. The maximum absolute atomic E-state index is 4.33. The van der Waals surface area contributed by atoms with Crippen LogP contribution in [-0.2, 0) is 0 Å². The van der Waals surface area contributed by atoms with Crippen molar-refractivity contribution in [1.29, 1.82) is 0 Å². The van der Waals surface area contributed by atoms with Crippen molar-refractivity contribution >= 4 is 37.9 Å².